The number of carbonyl (C=O) groups is 2. The smallest absolute Gasteiger partial charge is 0.481 e. The molecule has 45 heavy (non-hydrogen) atoms. The van der Waals surface area contributed by atoms with Crippen LogP contribution in [-0.2, 0) is 36.4 Å². The van der Waals surface area contributed by atoms with Crippen molar-refractivity contribution >= 4 is 47.2 Å². The molecule has 1 aromatic heterocycles. The van der Waals surface area contributed by atoms with Gasteiger partial charge in [0.05, 0.1) is 18.7 Å². The van der Waals surface area contributed by atoms with Crippen LogP contribution in [0.5, 0.6) is 0 Å². The molecule has 256 valence electrons. The van der Waals surface area contributed by atoms with Crippen LogP contribution in [0.1, 0.15) is 31.9 Å². The number of carbonyl (C=O) groups excluding carboxylic acids is 1. The summed E-state index contributed by atoms with van der Waals surface area (Å²) in [4.78, 5) is 81.4. The van der Waals surface area contributed by atoms with Crippen molar-refractivity contribution in [3.63, 3.8) is 0 Å². The average Bonchev–Trinajstić information content (AvgIpc) is 3.52. The summed E-state index contributed by atoms with van der Waals surface area (Å²) in [5, 5.41) is 34.7. The maximum absolute atomic E-state index is 11.7. The Kier molecular flexibility index (Phi) is 12.8. The second-order valence-electron chi connectivity index (χ2n) is 9.71. The molecule has 0 spiro atoms. The fourth-order valence-electron chi connectivity index (χ4n) is 4.46. The minimum atomic E-state index is -5.73. The first-order valence-corrected chi connectivity index (χ1v) is 18.4. The molecule has 2 amide bonds. The third kappa shape index (κ3) is 11.4. The Bertz CT molecular complexity index is 1480. The quantitative estimate of drug-likeness (QED) is 0.0614. The van der Waals surface area contributed by atoms with Crippen molar-refractivity contribution in [2.45, 2.75) is 67.6 Å². The first kappa shape index (κ1) is 37.5. The highest BCUT2D eigenvalue weighted by Gasteiger charge is 2.47. The van der Waals surface area contributed by atoms with Gasteiger partial charge in [0, 0.05) is 29.7 Å². The van der Waals surface area contributed by atoms with Crippen molar-refractivity contribution in [3.05, 3.63) is 33.1 Å². The summed E-state index contributed by atoms with van der Waals surface area (Å²) in [6.45, 7) is -1.05. The summed E-state index contributed by atoms with van der Waals surface area (Å²) in [6.07, 6.45) is -2.82. The number of amides is 2. The van der Waals surface area contributed by atoms with Crippen LogP contribution in [0.15, 0.2) is 21.9 Å². The fraction of sp³-hybridized carbons (Fsp3) is 0.684. The topological polar surface area (TPSA) is 343 Å². The molecular weight excluding hydrogens is 697 g/mol. The van der Waals surface area contributed by atoms with Crippen LogP contribution in [0.2, 0.25) is 0 Å². The Morgan fingerprint density at radius 3 is 2.33 bits per heavy atom. The average molecular weight is 728 g/mol. The zero-order valence-corrected chi connectivity index (χ0v) is 26.3. The van der Waals surface area contributed by atoms with E-state index in [1.54, 1.807) is 0 Å². The van der Waals surface area contributed by atoms with E-state index in [2.05, 4.69) is 23.8 Å². The molecule has 22 nitrogen and oxygen atoms in total. The Morgan fingerprint density at radius 1 is 1.02 bits per heavy atom. The minimum absolute atomic E-state index is 0.0640. The summed E-state index contributed by atoms with van der Waals surface area (Å²) >= 11 is 1.87. The maximum atomic E-state index is 11.7. The molecule has 1 aromatic rings. The van der Waals surface area contributed by atoms with Crippen LogP contribution >= 0.6 is 35.2 Å². The Balaban J connectivity index is 0.000000289. The number of H-pyrrole nitrogens is 1. The molecule has 3 aliphatic rings. The number of rotatable bonds is 13. The number of urea groups is 1. The number of carboxylic acid groups (broad SMARTS) is 1. The molecule has 9 atom stereocenters. The van der Waals surface area contributed by atoms with Gasteiger partial charge >= 0.3 is 41.2 Å². The molecule has 4 heterocycles. The van der Waals surface area contributed by atoms with Crippen LogP contribution in [0, 0.1) is 0 Å². The SMILES string of the molecule is O=C(O)CCCC[C@@H]1SC[C@@H]2NC(=O)N[C@@H]21.O=c1ccn([C@@H]2O[C@H](COP(=O)(O)OP(=O)(O)OP(=O)(O)O)[C@@H](O)[C@H]2O)c(=O)[nH]1. The van der Waals surface area contributed by atoms with Crippen LogP contribution < -0.4 is 21.9 Å². The van der Waals surface area contributed by atoms with Gasteiger partial charge in [0.1, 0.15) is 18.3 Å². The number of hydrogen-bond acceptors (Lipinski definition) is 14. The van der Waals surface area contributed by atoms with Crippen molar-refractivity contribution in [3.8, 4) is 0 Å². The van der Waals surface area contributed by atoms with Gasteiger partial charge < -0.3 is 50.3 Å². The number of nitrogens with zero attached hydrogens (tertiary/aromatic N) is 1. The van der Waals surface area contributed by atoms with E-state index in [-0.39, 0.29) is 24.5 Å². The number of ether oxygens (including phenoxy) is 1. The molecule has 0 saturated carbocycles. The largest absolute Gasteiger partial charge is 0.490 e. The molecule has 0 radical (unpaired) electrons. The van der Waals surface area contributed by atoms with E-state index in [4.69, 9.17) is 24.5 Å². The van der Waals surface area contributed by atoms with Crippen LogP contribution in [0.3, 0.4) is 0 Å². The van der Waals surface area contributed by atoms with Gasteiger partial charge in [-0.15, -0.1) is 0 Å². The van der Waals surface area contributed by atoms with E-state index >= 15 is 0 Å². The highest BCUT2D eigenvalue weighted by atomic mass is 32.2. The molecule has 0 bridgehead atoms. The van der Waals surface area contributed by atoms with Gasteiger partial charge in [0.2, 0.25) is 0 Å². The third-order valence-corrected chi connectivity index (χ3v) is 11.7. The molecule has 2 unspecified atom stereocenters. The van der Waals surface area contributed by atoms with Gasteiger partial charge in [-0.25, -0.2) is 23.3 Å². The van der Waals surface area contributed by atoms with Crippen LogP contribution in [-0.4, -0.2) is 104 Å². The predicted octanol–water partition coefficient (Wildman–Crippen LogP) is -1.70. The number of thioether (sulfide) groups is 1. The van der Waals surface area contributed by atoms with Gasteiger partial charge in [-0.1, -0.05) is 6.42 Å². The molecule has 26 heteroatoms. The number of aliphatic carboxylic acids is 1. The fourth-order valence-corrected chi connectivity index (χ4v) is 9.03. The number of unbranched alkanes of at least 4 members (excludes halogenated alkanes) is 1. The molecule has 0 aromatic carbocycles. The number of phosphoric ester groups is 1. The van der Waals surface area contributed by atoms with Gasteiger partial charge in [-0.2, -0.15) is 20.4 Å². The predicted molar refractivity (Wildman–Crippen MR) is 149 cm³/mol. The second-order valence-corrected chi connectivity index (χ2v) is 15.4. The van der Waals surface area contributed by atoms with E-state index < -0.39 is 71.8 Å². The molecule has 3 fully saturated rings. The lowest BCUT2D eigenvalue weighted by Gasteiger charge is -2.19. The monoisotopic (exact) mass is 728 g/mol. The highest BCUT2D eigenvalue weighted by molar-refractivity contribution is 8.00. The molecule has 10 N–H and O–H groups in total. The summed E-state index contributed by atoms with van der Waals surface area (Å²) in [5.74, 6) is 0.236. The van der Waals surface area contributed by atoms with Gasteiger partial charge in [0.25, 0.3) is 5.56 Å². The Hall–Kier alpha value is -1.94. The van der Waals surface area contributed by atoms with Crippen molar-refractivity contribution < 1.29 is 76.1 Å². The van der Waals surface area contributed by atoms with Gasteiger partial charge in [-0.3, -0.25) is 23.7 Å². The Labute approximate surface area is 256 Å². The Morgan fingerprint density at radius 2 is 1.71 bits per heavy atom. The van der Waals surface area contributed by atoms with Crippen molar-refractivity contribution in [2.75, 3.05) is 12.4 Å². The summed E-state index contributed by atoms with van der Waals surface area (Å²) in [7, 11) is -16.8. The van der Waals surface area contributed by atoms with E-state index in [0.29, 0.717) is 9.82 Å². The number of carboxylic acids is 1. The van der Waals surface area contributed by atoms with Crippen LogP contribution in [0.4, 0.5) is 4.79 Å². The van der Waals surface area contributed by atoms with Crippen molar-refractivity contribution in [1.29, 1.82) is 0 Å². The third-order valence-electron chi connectivity index (χ3n) is 6.35. The molecular formula is C19H31N4O18P3S. The normalized spacial score (nSPS) is 30.3. The first-order valence-electron chi connectivity index (χ1n) is 12.8. The number of phosphoric acid groups is 3. The number of aromatic nitrogens is 2. The molecule has 3 saturated heterocycles. The maximum Gasteiger partial charge on any atom is 0.490 e. The van der Waals surface area contributed by atoms with Crippen molar-refractivity contribution in [1.82, 2.24) is 20.2 Å². The lowest BCUT2D eigenvalue weighted by Crippen LogP contribution is -2.37. The summed E-state index contributed by atoms with van der Waals surface area (Å²) in [5.41, 5.74) is -1.74. The van der Waals surface area contributed by atoms with Gasteiger partial charge in [0.15, 0.2) is 6.23 Å². The molecule has 0 aliphatic carbocycles. The number of nitrogens with one attached hydrogen (secondary N) is 3. The molecule has 4 rings (SSSR count). The number of fused-ring (bicyclic) bond motifs is 1. The second kappa shape index (κ2) is 15.3. The zero-order valence-electron chi connectivity index (χ0n) is 22.8. The first-order chi connectivity index (χ1) is 20.8. The van der Waals surface area contributed by atoms with E-state index in [1.165, 1.54) is 0 Å². The minimum Gasteiger partial charge on any atom is -0.481 e. The van der Waals surface area contributed by atoms with Crippen LogP contribution in [0.25, 0.3) is 0 Å². The standard InChI is InChI=1S/C10H16N2O3S.C9H15N2O15P3/c13-8(14)4-2-1-3-7-9-6(5-16-7)11-10(15)12-9;12-5-1-2-11(9(15)10-5)8-7(14)6(13)4(24-8)3-23-28(19,20)26-29(21,22)25-27(16,17)18/h6-7,9H,1-5H2,(H,13,14)(H2,11,12,15);1-2,4,6-8,13-14H,3H2,(H,19,20)(H,21,22)(H,10,12,15)(H2,16,17,18)/t6-,7-,9-;4-,6-,7-,8-/m01/s1. The summed E-state index contributed by atoms with van der Waals surface area (Å²) in [6, 6.07) is 1.36. The number of hydrogen-bond donors (Lipinski definition) is 10. The summed E-state index contributed by atoms with van der Waals surface area (Å²) < 4.78 is 50.6. The zero-order chi connectivity index (χ0) is 33.7. The van der Waals surface area contributed by atoms with E-state index in [0.717, 1.165) is 37.3 Å². The lowest BCUT2D eigenvalue weighted by atomic mass is 10.0. The van der Waals surface area contributed by atoms with Crippen molar-refractivity contribution in [2.24, 2.45) is 0 Å². The number of aliphatic hydroxyl groups is 2. The lowest BCUT2D eigenvalue weighted by molar-refractivity contribution is -0.137. The number of aliphatic hydroxyl groups excluding tert-OH is 2. The molecule has 3 aliphatic heterocycles. The van der Waals surface area contributed by atoms with Gasteiger partial charge in [-0.05, 0) is 12.8 Å². The highest BCUT2D eigenvalue weighted by Crippen LogP contribution is 2.66. The van der Waals surface area contributed by atoms with E-state index in [1.807, 2.05) is 16.7 Å². The van der Waals surface area contributed by atoms with E-state index in [9.17, 15) is 48.0 Å². The number of aromatic amines is 1.